The average Bonchev–Trinajstić information content (AvgIpc) is 3.31. The topological polar surface area (TPSA) is 87.7 Å². The lowest BCUT2D eigenvalue weighted by atomic mass is 10.0. The summed E-state index contributed by atoms with van der Waals surface area (Å²) >= 11 is 0. The van der Waals surface area contributed by atoms with E-state index in [1.54, 1.807) is 7.11 Å². The van der Waals surface area contributed by atoms with Gasteiger partial charge in [-0.05, 0) is 49.2 Å². The van der Waals surface area contributed by atoms with E-state index in [1.807, 2.05) is 24.3 Å². The van der Waals surface area contributed by atoms with Gasteiger partial charge in [0.15, 0.2) is 11.8 Å². The first kappa shape index (κ1) is 21.8. The van der Waals surface area contributed by atoms with E-state index in [0.29, 0.717) is 19.0 Å². The van der Waals surface area contributed by atoms with Gasteiger partial charge in [-0.25, -0.2) is 9.98 Å². The highest BCUT2D eigenvalue weighted by Crippen LogP contribution is 2.25. The number of rotatable bonds is 6. The number of aryl methyl sites for hydroxylation is 1. The van der Waals surface area contributed by atoms with E-state index in [1.165, 1.54) is 11.1 Å². The maximum atomic E-state index is 6.07. The summed E-state index contributed by atoms with van der Waals surface area (Å²) in [5.41, 5.74) is 3.40. The lowest BCUT2D eigenvalue weighted by Crippen LogP contribution is -2.48. The molecule has 1 saturated heterocycles. The van der Waals surface area contributed by atoms with Crippen molar-refractivity contribution in [3.05, 3.63) is 65.5 Å². The van der Waals surface area contributed by atoms with Crippen molar-refractivity contribution in [3.8, 4) is 17.1 Å². The lowest BCUT2D eigenvalue weighted by Gasteiger charge is -2.35. The molecular formula is C24H30N6O2. The van der Waals surface area contributed by atoms with Crippen LogP contribution in [0, 0.1) is 6.92 Å². The van der Waals surface area contributed by atoms with Crippen LogP contribution in [-0.4, -0.2) is 59.4 Å². The minimum atomic E-state index is 0.0285. The Morgan fingerprint density at radius 1 is 1.25 bits per heavy atom. The van der Waals surface area contributed by atoms with Gasteiger partial charge >= 0.3 is 0 Å². The minimum Gasteiger partial charge on any atom is -0.497 e. The molecule has 2 N–H and O–H groups in total. The SMILES string of the molecule is CCNC(=NCc1nc(-c2ccc(OC)cc2)n[nH]1)N1CCOC(c2ccccc2C)C1. The number of aromatic nitrogens is 3. The van der Waals surface area contributed by atoms with Crippen LogP contribution in [-0.2, 0) is 11.3 Å². The van der Waals surface area contributed by atoms with Crippen LogP contribution >= 0.6 is 0 Å². The first-order chi connectivity index (χ1) is 15.7. The smallest absolute Gasteiger partial charge is 0.194 e. The number of morpholine rings is 1. The standard InChI is InChI=1S/C24H30N6O2/c1-4-25-24(30-13-14-32-21(16-30)20-8-6-5-7-17(20)2)26-15-22-27-23(29-28-22)18-9-11-19(31-3)12-10-18/h5-12,21H,4,13-16H2,1-3H3,(H,25,26)(H,27,28,29). The Hall–Kier alpha value is -3.39. The molecule has 1 aliphatic rings. The number of aromatic amines is 1. The molecule has 1 unspecified atom stereocenters. The Kier molecular flexibility index (Phi) is 7.01. The van der Waals surface area contributed by atoms with E-state index in [0.717, 1.165) is 42.7 Å². The summed E-state index contributed by atoms with van der Waals surface area (Å²) in [5, 5.41) is 10.7. The highest BCUT2D eigenvalue weighted by molar-refractivity contribution is 5.80. The van der Waals surface area contributed by atoms with Gasteiger partial charge in [-0.15, -0.1) is 0 Å². The molecule has 8 nitrogen and oxygen atoms in total. The molecule has 8 heteroatoms. The van der Waals surface area contributed by atoms with Gasteiger partial charge in [0.05, 0.1) is 20.3 Å². The number of nitrogens with one attached hydrogen (secondary N) is 2. The molecule has 0 amide bonds. The number of benzene rings is 2. The highest BCUT2D eigenvalue weighted by atomic mass is 16.5. The Labute approximate surface area is 188 Å². The van der Waals surface area contributed by atoms with E-state index in [2.05, 4.69) is 63.5 Å². The fourth-order valence-corrected chi connectivity index (χ4v) is 3.79. The first-order valence-corrected chi connectivity index (χ1v) is 10.9. The highest BCUT2D eigenvalue weighted by Gasteiger charge is 2.25. The molecule has 2 heterocycles. The number of hydrogen-bond acceptors (Lipinski definition) is 5. The van der Waals surface area contributed by atoms with Gasteiger partial charge in [-0.3, -0.25) is 5.10 Å². The molecule has 0 aliphatic carbocycles. The second-order valence-electron chi connectivity index (χ2n) is 7.67. The zero-order valence-corrected chi connectivity index (χ0v) is 18.8. The van der Waals surface area contributed by atoms with Crippen molar-refractivity contribution < 1.29 is 9.47 Å². The summed E-state index contributed by atoms with van der Waals surface area (Å²) in [5.74, 6) is 3.03. The number of guanidine groups is 1. The van der Waals surface area contributed by atoms with Crippen molar-refractivity contribution >= 4 is 5.96 Å². The number of methoxy groups -OCH3 is 1. The summed E-state index contributed by atoms with van der Waals surface area (Å²) in [4.78, 5) is 11.7. The van der Waals surface area contributed by atoms with Gasteiger partial charge in [0.1, 0.15) is 24.2 Å². The van der Waals surface area contributed by atoms with Crippen molar-refractivity contribution in [2.45, 2.75) is 26.5 Å². The lowest BCUT2D eigenvalue weighted by molar-refractivity contribution is -0.00834. The van der Waals surface area contributed by atoms with E-state index in [-0.39, 0.29) is 6.10 Å². The fraction of sp³-hybridized carbons (Fsp3) is 0.375. The molecular weight excluding hydrogens is 404 g/mol. The third kappa shape index (κ3) is 5.08. The van der Waals surface area contributed by atoms with E-state index >= 15 is 0 Å². The molecule has 1 atom stereocenters. The van der Waals surface area contributed by atoms with Crippen LogP contribution < -0.4 is 10.1 Å². The van der Waals surface area contributed by atoms with Crippen molar-refractivity contribution in [2.24, 2.45) is 4.99 Å². The maximum absolute atomic E-state index is 6.07. The predicted octanol–water partition coefficient (Wildman–Crippen LogP) is 3.33. The Bertz CT molecular complexity index is 1050. The van der Waals surface area contributed by atoms with E-state index < -0.39 is 0 Å². The summed E-state index contributed by atoms with van der Waals surface area (Å²) in [6.07, 6.45) is 0.0285. The van der Waals surface area contributed by atoms with Gasteiger partial charge in [0.25, 0.3) is 0 Å². The summed E-state index contributed by atoms with van der Waals surface area (Å²) in [6.45, 7) is 7.61. The summed E-state index contributed by atoms with van der Waals surface area (Å²) in [6, 6.07) is 16.1. The molecule has 2 aromatic carbocycles. The van der Waals surface area contributed by atoms with Crippen LogP contribution in [0.3, 0.4) is 0 Å². The number of hydrogen-bond donors (Lipinski definition) is 2. The number of ether oxygens (including phenoxy) is 2. The number of aliphatic imine (C=N–C) groups is 1. The molecule has 0 spiro atoms. The third-order valence-corrected chi connectivity index (χ3v) is 5.49. The van der Waals surface area contributed by atoms with Gasteiger partial charge in [-0.1, -0.05) is 24.3 Å². The van der Waals surface area contributed by atoms with Crippen LogP contribution in [0.4, 0.5) is 0 Å². The normalized spacial score (nSPS) is 16.8. The Morgan fingerprint density at radius 2 is 2.06 bits per heavy atom. The zero-order valence-electron chi connectivity index (χ0n) is 18.8. The van der Waals surface area contributed by atoms with Crippen LogP contribution in [0.5, 0.6) is 5.75 Å². The van der Waals surface area contributed by atoms with Gasteiger partial charge in [0.2, 0.25) is 0 Å². The van der Waals surface area contributed by atoms with Gasteiger partial charge in [-0.2, -0.15) is 5.10 Å². The maximum Gasteiger partial charge on any atom is 0.194 e. The van der Waals surface area contributed by atoms with Crippen molar-refractivity contribution in [2.75, 3.05) is 33.4 Å². The van der Waals surface area contributed by atoms with Crippen molar-refractivity contribution in [1.82, 2.24) is 25.4 Å². The Balaban J connectivity index is 1.46. The zero-order chi connectivity index (χ0) is 22.3. The second-order valence-corrected chi connectivity index (χ2v) is 7.67. The molecule has 0 radical (unpaired) electrons. The summed E-state index contributed by atoms with van der Waals surface area (Å²) in [7, 11) is 1.65. The number of H-pyrrole nitrogens is 1. The predicted molar refractivity (Wildman–Crippen MR) is 125 cm³/mol. The molecule has 1 aliphatic heterocycles. The molecule has 32 heavy (non-hydrogen) atoms. The monoisotopic (exact) mass is 434 g/mol. The van der Waals surface area contributed by atoms with Crippen molar-refractivity contribution in [1.29, 1.82) is 0 Å². The molecule has 4 rings (SSSR count). The molecule has 168 valence electrons. The largest absolute Gasteiger partial charge is 0.497 e. The molecule has 1 aromatic heterocycles. The Morgan fingerprint density at radius 3 is 2.81 bits per heavy atom. The summed E-state index contributed by atoms with van der Waals surface area (Å²) < 4.78 is 11.3. The van der Waals surface area contributed by atoms with Crippen LogP contribution in [0.15, 0.2) is 53.5 Å². The molecule has 0 bridgehead atoms. The fourth-order valence-electron chi connectivity index (χ4n) is 3.79. The van der Waals surface area contributed by atoms with Crippen LogP contribution in [0.25, 0.3) is 11.4 Å². The van der Waals surface area contributed by atoms with E-state index in [4.69, 9.17) is 14.5 Å². The number of nitrogens with zero attached hydrogens (tertiary/aromatic N) is 4. The molecule has 3 aromatic rings. The van der Waals surface area contributed by atoms with Crippen LogP contribution in [0.2, 0.25) is 0 Å². The second kappa shape index (κ2) is 10.3. The molecule has 0 saturated carbocycles. The molecule has 1 fully saturated rings. The van der Waals surface area contributed by atoms with Gasteiger partial charge in [0, 0.05) is 18.7 Å². The van der Waals surface area contributed by atoms with Gasteiger partial charge < -0.3 is 19.7 Å². The minimum absolute atomic E-state index is 0.0285. The van der Waals surface area contributed by atoms with Crippen LogP contribution in [0.1, 0.15) is 30.0 Å². The quantitative estimate of drug-likeness (QED) is 0.457. The first-order valence-electron chi connectivity index (χ1n) is 10.9. The third-order valence-electron chi connectivity index (χ3n) is 5.49. The van der Waals surface area contributed by atoms with Crippen molar-refractivity contribution in [3.63, 3.8) is 0 Å². The van der Waals surface area contributed by atoms with E-state index in [9.17, 15) is 0 Å². The average molecular weight is 435 g/mol.